The van der Waals surface area contributed by atoms with Crippen LogP contribution < -0.4 is 0 Å². The Morgan fingerprint density at radius 3 is 1.75 bits per heavy atom. The van der Waals surface area contributed by atoms with Crippen molar-refractivity contribution in [3.05, 3.63) is 0 Å². The fraction of sp³-hybridized carbons (Fsp3) is 0.909. The Morgan fingerprint density at radius 2 is 1.25 bits per heavy atom. The quantitative estimate of drug-likeness (QED) is 0.724. The topological polar surface area (TPSA) is 59.1 Å². The predicted octanol–water partition coefficient (Wildman–Crippen LogP) is 2.46. The van der Waals surface area contributed by atoms with E-state index in [2.05, 4.69) is 23.6 Å². The van der Waals surface area contributed by atoms with Crippen LogP contribution in [0.15, 0.2) is 0 Å². The summed E-state index contributed by atoms with van der Waals surface area (Å²) in [6, 6.07) is 0. The zero-order valence-electron chi connectivity index (χ0n) is 17.5. The van der Waals surface area contributed by atoms with Crippen molar-refractivity contribution in [1.82, 2.24) is 9.80 Å². The maximum atomic E-state index is 13.0. The molecule has 0 radical (unpaired) electrons. The first-order valence-corrected chi connectivity index (χ1v) is 11.3. The second kappa shape index (κ2) is 8.31. The van der Waals surface area contributed by atoms with Crippen molar-refractivity contribution in [2.45, 2.75) is 71.0 Å². The van der Waals surface area contributed by atoms with E-state index in [4.69, 9.17) is 9.47 Å². The zero-order chi connectivity index (χ0) is 19.7. The molecule has 6 nitrogen and oxygen atoms in total. The van der Waals surface area contributed by atoms with Gasteiger partial charge in [-0.1, -0.05) is 0 Å². The van der Waals surface area contributed by atoms with Gasteiger partial charge in [0.1, 0.15) is 0 Å². The molecule has 4 aliphatic rings. The first-order valence-electron chi connectivity index (χ1n) is 11.3. The van der Waals surface area contributed by atoms with Crippen LogP contribution in [-0.2, 0) is 19.1 Å². The standard InChI is InChI=1S/C22H36N2O4/c1-16-13-18(3-11-27-16)20(25)23-8-5-22(6-9-23)7-10-24(15-22)21(26)19-4-12-28-17(2)14-19/h16-19H,3-15H2,1-2H3. The fourth-order valence-electron chi connectivity index (χ4n) is 5.69. The highest BCUT2D eigenvalue weighted by molar-refractivity contribution is 5.80. The lowest BCUT2D eigenvalue weighted by Gasteiger charge is -2.41. The van der Waals surface area contributed by atoms with Crippen LogP contribution in [0.5, 0.6) is 0 Å². The highest BCUT2D eigenvalue weighted by Gasteiger charge is 2.44. The molecule has 6 heteroatoms. The van der Waals surface area contributed by atoms with Gasteiger partial charge in [-0.05, 0) is 64.2 Å². The molecule has 4 aliphatic heterocycles. The second-order valence-electron chi connectivity index (χ2n) is 9.64. The summed E-state index contributed by atoms with van der Waals surface area (Å²) in [5.41, 5.74) is 0.228. The summed E-state index contributed by atoms with van der Waals surface area (Å²) >= 11 is 0. The largest absolute Gasteiger partial charge is 0.378 e. The van der Waals surface area contributed by atoms with Gasteiger partial charge in [-0.15, -0.1) is 0 Å². The summed E-state index contributed by atoms with van der Waals surface area (Å²) in [5, 5.41) is 0. The Bertz CT molecular complexity index is 587. The minimum Gasteiger partial charge on any atom is -0.378 e. The molecular weight excluding hydrogens is 356 g/mol. The number of rotatable bonds is 2. The first-order chi connectivity index (χ1) is 13.5. The molecule has 4 heterocycles. The zero-order valence-corrected chi connectivity index (χ0v) is 17.5. The molecule has 2 amide bonds. The van der Waals surface area contributed by atoms with E-state index in [0.717, 1.165) is 71.1 Å². The highest BCUT2D eigenvalue weighted by Crippen LogP contribution is 2.42. The van der Waals surface area contributed by atoms with E-state index in [-0.39, 0.29) is 29.5 Å². The van der Waals surface area contributed by atoms with Crippen LogP contribution in [0.1, 0.15) is 58.8 Å². The maximum Gasteiger partial charge on any atom is 0.225 e. The van der Waals surface area contributed by atoms with Gasteiger partial charge in [-0.2, -0.15) is 0 Å². The van der Waals surface area contributed by atoms with Gasteiger partial charge >= 0.3 is 0 Å². The van der Waals surface area contributed by atoms with E-state index in [9.17, 15) is 9.59 Å². The molecule has 0 aromatic carbocycles. The van der Waals surface area contributed by atoms with Crippen molar-refractivity contribution in [2.24, 2.45) is 17.3 Å². The van der Waals surface area contributed by atoms with E-state index in [1.807, 2.05) is 0 Å². The summed E-state index contributed by atoms with van der Waals surface area (Å²) < 4.78 is 11.2. The SMILES string of the molecule is CC1CC(C(=O)N2CCC3(CC2)CCN(C(=O)C2CCOC(C)C2)C3)CCO1. The average Bonchev–Trinajstić information content (AvgIpc) is 3.11. The van der Waals surface area contributed by atoms with Gasteiger partial charge in [0.2, 0.25) is 11.8 Å². The minimum atomic E-state index is 0.134. The number of carbonyl (C=O) groups is 2. The van der Waals surface area contributed by atoms with Crippen molar-refractivity contribution in [3.8, 4) is 0 Å². The molecular formula is C22H36N2O4. The molecule has 0 N–H and O–H groups in total. The first kappa shape index (κ1) is 20.1. The van der Waals surface area contributed by atoms with Crippen LogP contribution in [-0.4, -0.2) is 73.2 Å². The molecule has 0 aliphatic carbocycles. The van der Waals surface area contributed by atoms with Gasteiger partial charge in [0, 0.05) is 51.2 Å². The van der Waals surface area contributed by atoms with Crippen LogP contribution in [0.4, 0.5) is 0 Å². The maximum absolute atomic E-state index is 13.0. The molecule has 4 rings (SSSR count). The summed E-state index contributed by atoms with van der Waals surface area (Å²) in [6.45, 7) is 9.01. The molecule has 4 unspecified atom stereocenters. The number of piperidine rings is 1. The lowest BCUT2D eigenvalue weighted by atomic mass is 9.77. The Hall–Kier alpha value is -1.14. The summed E-state index contributed by atoms with van der Waals surface area (Å²) in [5.74, 6) is 0.930. The second-order valence-corrected chi connectivity index (χ2v) is 9.64. The third kappa shape index (κ3) is 4.23. The number of likely N-dealkylation sites (tertiary alicyclic amines) is 2. The number of nitrogens with zero attached hydrogens (tertiary/aromatic N) is 2. The number of hydrogen-bond donors (Lipinski definition) is 0. The molecule has 4 saturated heterocycles. The number of carbonyl (C=O) groups excluding carboxylic acids is 2. The third-order valence-electron chi connectivity index (χ3n) is 7.55. The Labute approximate surface area is 168 Å². The molecule has 0 bridgehead atoms. The normalized spacial score (nSPS) is 35.9. The molecule has 4 fully saturated rings. The molecule has 158 valence electrons. The highest BCUT2D eigenvalue weighted by atomic mass is 16.5. The molecule has 1 spiro atoms. The van der Waals surface area contributed by atoms with Crippen LogP contribution in [0.3, 0.4) is 0 Å². The Morgan fingerprint density at radius 1 is 0.786 bits per heavy atom. The lowest BCUT2D eigenvalue weighted by Crippen LogP contribution is -2.48. The molecule has 0 aromatic heterocycles. The summed E-state index contributed by atoms with van der Waals surface area (Å²) in [7, 11) is 0. The molecule has 0 saturated carbocycles. The summed E-state index contributed by atoms with van der Waals surface area (Å²) in [6.07, 6.45) is 6.97. The number of hydrogen-bond acceptors (Lipinski definition) is 4. The van der Waals surface area contributed by atoms with Gasteiger partial charge in [0.15, 0.2) is 0 Å². The average molecular weight is 393 g/mol. The van der Waals surface area contributed by atoms with Crippen molar-refractivity contribution < 1.29 is 19.1 Å². The predicted molar refractivity (Wildman–Crippen MR) is 106 cm³/mol. The Balaban J connectivity index is 1.28. The monoisotopic (exact) mass is 392 g/mol. The van der Waals surface area contributed by atoms with Gasteiger partial charge in [-0.3, -0.25) is 9.59 Å². The van der Waals surface area contributed by atoms with Crippen molar-refractivity contribution in [3.63, 3.8) is 0 Å². The van der Waals surface area contributed by atoms with Crippen LogP contribution in [0, 0.1) is 17.3 Å². The van der Waals surface area contributed by atoms with E-state index < -0.39 is 0 Å². The molecule has 4 atom stereocenters. The van der Waals surface area contributed by atoms with Crippen molar-refractivity contribution >= 4 is 11.8 Å². The van der Waals surface area contributed by atoms with Gasteiger partial charge in [-0.25, -0.2) is 0 Å². The van der Waals surface area contributed by atoms with Crippen molar-refractivity contribution in [2.75, 3.05) is 39.4 Å². The third-order valence-corrected chi connectivity index (χ3v) is 7.55. The molecule has 28 heavy (non-hydrogen) atoms. The Kier molecular flexibility index (Phi) is 5.98. The van der Waals surface area contributed by atoms with E-state index in [1.54, 1.807) is 0 Å². The van der Waals surface area contributed by atoms with Crippen LogP contribution >= 0.6 is 0 Å². The number of ether oxygens (including phenoxy) is 2. The smallest absolute Gasteiger partial charge is 0.225 e. The van der Waals surface area contributed by atoms with E-state index >= 15 is 0 Å². The minimum absolute atomic E-state index is 0.134. The number of amides is 2. The van der Waals surface area contributed by atoms with Crippen molar-refractivity contribution in [1.29, 1.82) is 0 Å². The van der Waals surface area contributed by atoms with Gasteiger partial charge < -0.3 is 19.3 Å². The van der Waals surface area contributed by atoms with Gasteiger partial charge in [0.05, 0.1) is 12.2 Å². The summed E-state index contributed by atoms with van der Waals surface area (Å²) in [4.78, 5) is 30.1. The van der Waals surface area contributed by atoms with E-state index in [1.165, 1.54) is 0 Å². The molecule has 0 aromatic rings. The van der Waals surface area contributed by atoms with Crippen LogP contribution in [0.25, 0.3) is 0 Å². The fourth-order valence-corrected chi connectivity index (χ4v) is 5.69. The van der Waals surface area contributed by atoms with Crippen LogP contribution in [0.2, 0.25) is 0 Å². The lowest BCUT2D eigenvalue weighted by molar-refractivity contribution is -0.143. The van der Waals surface area contributed by atoms with E-state index in [0.29, 0.717) is 25.0 Å². The van der Waals surface area contributed by atoms with Gasteiger partial charge in [0.25, 0.3) is 0 Å².